The van der Waals surface area contributed by atoms with E-state index in [1.807, 2.05) is 78.0 Å². The number of aliphatic hydroxyl groups excluding tert-OH is 1. The molecule has 0 aromatic carbocycles. The van der Waals surface area contributed by atoms with E-state index in [2.05, 4.69) is 15.3 Å². The number of carbonyl (C=O) groups excluding carboxylic acids is 4. The minimum atomic E-state index is -1.39. The third-order valence-corrected chi connectivity index (χ3v) is 13.2. The van der Waals surface area contributed by atoms with E-state index in [9.17, 15) is 24.3 Å². The zero-order valence-corrected chi connectivity index (χ0v) is 38.1. The van der Waals surface area contributed by atoms with Crippen molar-refractivity contribution < 1.29 is 48.0 Å². The largest absolute Gasteiger partial charge is 0.458 e. The van der Waals surface area contributed by atoms with Crippen LogP contribution in [0.1, 0.15) is 132 Å². The smallest absolute Gasteiger partial charge is 0.410 e. The van der Waals surface area contributed by atoms with Crippen LogP contribution in [0.5, 0.6) is 0 Å². The molecule has 2 aromatic heterocycles. The summed E-state index contributed by atoms with van der Waals surface area (Å²) >= 11 is 0. The number of fused-ring (bicyclic) bond motifs is 1. The van der Waals surface area contributed by atoms with Crippen LogP contribution < -0.4 is 0 Å². The fourth-order valence-corrected chi connectivity index (χ4v) is 9.81. The molecule has 0 aliphatic carbocycles. The number of amides is 2. The Morgan fingerprint density at radius 2 is 1.64 bits per heavy atom. The van der Waals surface area contributed by atoms with E-state index in [4.69, 9.17) is 23.7 Å². The van der Waals surface area contributed by atoms with Crippen LogP contribution in [-0.4, -0.2) is 158 Å². The Bertz CT molecular complexity index is 1820. The topological polar surface area (TPSA) is 188 Å². The van der Waals surface area contributed by atoms with Gasteiger partial charge in [-0.05, 0) is 98.9 Å². The van der Waals surface area contributed by atoms with Crippen LogP contribution in [0.2, 0.25) is 0 Å². The van der Waals surface area contributed by atoms with Gasteiger partial charge in [0.05, 0.1) is 41.8 Å². The molecule has 2 amide bonds. The molecule has 0 bridgehead atoms. The predicted molar refractivity (Wildman–Crippen MR) is 258 cm³/mol. The van der Waals surface area contributed by atoms with Gasteiger partial charge in [-0.2, -0.15) is 0 Å². The van der Waals surface area contributed by atoms with Gasteiger partial charge in [0.15, 0.2) is 17.7 Å². The Morgan fingerprint density at radius 3 is 2.21 bits per heavy atom. The van der Waals surface area contributed by atoms with Crippen molar-refractivity contribution in [1.29, 1.82) is 0 Å². The predicted octanol–water partition coefficient (Wildman–Crippen LogP) is 7.54. The molecule has 66 heavy (non-hydrogen) atoms. The molecular weight excluding hydrogens is 847 g/mol. The molecule has 3 aliphatic rings. The molecule has 0 spiro atoms. The first kappa shape index (κ1) is 62.0. The number of aromatic nitrogens is 4. The first-order valence-electron chi connectivity index (χ1n) is 21.8. The van der Waals surface area contributed by atoms with E-state index in [1.54, 1.807) is 41.6 Å². The maximum Gasteiger partial charge on any atom is 0.410 e. The SMILES string of the molecule is C.C.C.C.C.CC[C@H]1OC(=O)[C@H](C)C(=O)[C@H](C)[C@@H](O[C@@H]2OC(C)CC(N(C)C)C2O)[C@](C)(OC)C[C@@H](C)CN(C(C)=O)[C@H](C)[C@H]2N(CCCCn3cc(-c4ccccn4)nn3)C(=O)O[C@]12C. The van der Waals surface area contributed by atoms with Gasteiger partial charge in [-0.25, -0.2) is 4.79 Å². The number of carbonyl (C=O) groups is 4. The summed E-state index contributed by atoms with van der Waals surface area (Å²) in [6.45, 7) is 17.0. The molecule has 3 fully saturated rings. The minimum absolute atomic E-state index is 0. The van der Waals surface area contributed by atoms with E-state index in [1.165, 1.54) is 13.8 Å². The number of hydrogen-bond acceptors (Lipinski definition) is 14. The first-order valence-corrected chi connectivity index (χ1v) is 21.8. The molecule has 2 aromatic rings. The lowest BCUT2D eigenvalue weighted by Gasteiger charge is -2.47. The third-order valence-electron chi connectivity index (χ3n) is 13.2. The van der Waals surface area contributed by atoms with E-state index in [0.29, 0.717) is 44.5 Å². The number of aryl methyl sites for hydroxylation is 1. The molecule has 3 unspecified atom stereocenters. The van der Waals surface area contributed by atoms with Gasteiger partial charge in [-0.1, -0.05) is 69.2 Å². The van der Waals surface area contributed by atoms with E-state index in [0.717, 1.165) is 5.69 Å². The Kier molecular flexibility index (Phi) is 24.3. The Hall–Kier alpha value is -4.03. The van der Waals surface area contributed by atoms with Gasteiger partial charge >= 0.3 is 12.1 Å². The second-order valence-corrected chi connectivity index (χ2v) is 18.1. The number of ether oxygens (including phenoxy) is 5. The Morgan fingerprint density at radius 1 is 0.985 bits per heavy atom. The number of unbranched alkanes of at least 4 members (excludes halogenated alkanes) is 1. The van der Waals surface area contributed by atoms with Crippen molar-refractivity contribution in [1.82, 2.24) is 34.7 Å². The van der Waals surface area contributed by atoms with Gasteiger partial charge in [-0.3, -0.25) is 28.9 Å². The Balaban J connectivity index is 0.00000845. The van der Waals surface area contributed by atoms with Gasteiger partial charge in [-0.15, -0.1) is 5.10 Å². The number of esters is 1. The van der Waals surface area contributed by atoms with Crippen LogP contribution in [0.25, 0.3) is 11.4 Å². The number of Topliss-reactive ketones (excluding diaryl/α,β-unsaturated/α-hetero) is 1. The number of cyclic esters (lactones) is 1. The van der Waals surface area contributed by atoms with Crippen molar-refractivity contribution in [3.05, 3.63) is 30.6 Å². The van der Waals surface area contributed by atoms with Crippen molar-refractivity contribution >= 4 is 23.8 Å². The van der Waals surface area contributed by atoms with Gasteiger partial charge < -0.3 is 38.6 Å². The standard InChI is InChI=1S/C44H69N7O10.5CH4/c1-13-35-44(9)38(50(42(56)61-44)21-17-16-20-49-25-33(46-47-49)32-18-14-15-19-45-32)30(6)51(31(7)52)24-26(2)23-43(8,57-12)39(28(4)36(53)29(5)40(55)59-35)60-41-37(54)34(48(10)11)22-27(3)58-41;;;;;/h14-15,18-19,25-30,34-35,37-39,41,54H,13,16-17,20-24H2,1-12H3;5*1H4/t26-,27?,28+,29-,30-,34?,35-,37?,38-,39-,41+,43-,44-;;;;;/m1...../s1. The highest BCUT2D eigenvalue weighted by molar-refractivity contribution is 6.00. The van der Waals surface area contributed by atoms with E-state index >= 15 is 0 Å². The lowest BCUT2D eigenvalue weighted by Crippen LogP contribution is -2.62. The number of pyridine rings is 1. The second kappa shape index (κ2) is 25.9. The van der Waals surface area contributed by atoms with Crippen molar-refractivity contribution in [2.75, 3.05) is 34.3 Å². The number of nitrogens with zero attached hydrogens (tertiary/aromatic N) is 7. The Labute approximate surface area is 397 Å². The molecular formula is C49H89N7O10. The zero-order chi connectivity index (χ0) is 45.0. The van der Waals surface area contributed by atoms with Crippen molar-refractivity contribution in [3.8, 4) is 11.4 Å². The number of ketones is 1. The van der Waals surface area contributed by atoms with Gasteiger partial charge in [0, 0.05) is 51.8 Å². The molecule has 5 rings (SSSR count). The highest BCUT2D eigenvalue weighted by atomic mass is 16.7. The van der Waals surface area contributed by atoms with Crippen LogP contribution in [0.4, 0.5) is 4.79 Å². The van der Waals surface area contributed by atoms with Gasteiger partial charge in [0.1, 0.15) is 23.8 Å². The summed E-state index contributed by atoms with van der Waals surface area (Å²) in [6, 6.07) is 4.00. The number of rotatable bonds is 11. The fraction of sp³-hybridized carbons (Fsp3) is 0.776. The summed E-state index contributed by atoms with van der Waals surface area (Å²) < 4.78 is 33.3. The summed E-state index contributed by atoms with van der Waals surface area (Å²) in [4.78, 5) is 66.0. The first-order chi connectivity index (χ1) is 28.8. The lowest BCUT2D eigenvalue weighted by molar-refractivity contribution is -0.295. The lowest BCUT2D eigenvalue weighted by atomic mass is 9.78. The zero-order valence-electron chi connectivity index (χ0n) is 38.1. The summed E-state index contributed by atoms with van der Waals surface area (Å²) in [6.07, 6.45) is 1.02. The van der Waals surface area contributed by atoms with Crippen molar-refractivity contribution in [2.24, 2.45) is 17.8 Å². The van der Waals surface area contributed by atoms with Crippen LogP contribution in [0.15, 0.2) is 30.6 Å². The molecule has 3 saturated heterocycles. The summed E-state index contributed by atoms with van der Waals surface area (Å²) in [5.41, 5.74) is -1.18. The molecule has 17 nitrogen and oxygen atoms in total. The summed E-state index contributed by atoms with van der Waals surface area (Å²) in [7, 11) is 5.31. The van der Waals surface area contributed by atoms with E-state index in [-0.39, 0.29) is 74.1 Å². The monoisotopic (exact) mass is 936 g/mol. The summed E-state index contributed by atoms with van der Waals surface area (Å²) in [5, 5.41) is 20.0. The number of hydrogen-bond donors (Lipinski definition) is 1. The third kappa shape index (κ3) is 13.4. The normalized spacial score (nSPS) is 32.9. The van der Waals surface area contributed by atoms with Crippen LogP contribution in [0, 0.1) is 17.8 Å². The van der Waals surface area contributed by atoms with Gasteiger partial charge in [0.25, 0.3) is 0 Å². The number of likely N-dealkylation sites (N-methyl/N-ethyl adjacent to an activating group) is 1. The van der Waals surface area contributed by atoms with Crippen molar-refractivity contribution in [3.63, 3.8) is 0 Å². The van der Waals surface area contributed by atoms with Gasteiger partial charge in [0.2, 0.25) is 5.91 Å². The van der Waals surface area contributed by atoms with Crippen LogP contribution in [0.3, 0.4) is 0 Å². The molecule has 5 heterocycles. The molecule has 0 radical (unpaired) electrons. The van der Waals surface area contributed by atoms with Crippen molar-refractivity contribution in [2.45, 2.75) is 198 Å². The quantitative estimate of drug-likeness (QED) is 0.132. The number of methoxy groups -OCH3 is 1. The fourth-order valence-electron chi connectivity index (χ4n) is 9.81. The molecule has 380 valence electrons. The maximum absolute atomic E-state index is 14.5. The minimum Gasteiger partial charge on any atom is -0.458 e. The molecule has 13 atom stereocenters. The molecule has 17 heteroatoms. The average molecular weight is 936 g/mol. The summed E-state index contributed by atoms with van der Waals surface area (Å²) in [5.74, 6) is -3.82. The molecule has 3 aliphatic heterocycles. The highest BCUT2D eigenvalue weighted by Gasteiger charge is 2.60. The maximum atomic E-state index is 14.5. The van der Waals surface area contributed by atoms with Crippen LogP contribution in [-0.2, 0) is 44.6 Å². The van der Waals surface area contributed by atoms with E-state index < -0.39 is 77.6 Å². The molecule has 0 saturated carbocycles. The van der Waals surface area contributed by atoms with Crippen LogP contribution >= 0.6 is 0 Å². The highest BCUT2D eigenvalue weighted by Crippen LogP contribution is 2.41. The second-order valence-electron chi connectivity index (χ2n) is 18.1. The molecule has 1 N–H and O–H groups in total. The number of aliphatic hydroxyl groups is 1. The average Bonchev–Trinajstić information content (AvgIpc) is 3.80.